The van der Waals surface area contributed by atoms with Crippen LogP contribution in [0.4, 0.5) is 17.6 Å². The summed E-state index contributed by atoms with van der Waals surface area (Å²) in [5.41, 5.74) is 3.35. The number of halogens is 4. The number of alkyl halides is 3. The monoisotopic (exact) mass is 497 g/mol. The zero-order chi connectivity index (χ0) is 24.7. The molecule has 11 heteroatoms. The number of benzene rings is 2. The van der Waals surface area contributed by atoms with Crippen molar-refractivity contribution >= 4 is 15.8 Å². The van der Waals surface area contributed by atoms with Gasteiger partial charge in [0.05, 0.1) is 22.7 Å². The number of furan rings is 1. The van der Waals surface area contributed by atoms with E-state index in [1.54, 1.807) is 36.8 Å². The Morgan fingerprint density at radius 3 is 2.41 bits per heavy atom. The first-order chi connectivity index (χ1) is 16.0. The van der Waals surface area contributed by atoms with Crippen molar-refractivity contribution in [2.45, 2.75) is 28.8 Å². The molecule has 0 spiro atoms. The summed E-state index contributed by atoms with van der Waals surface area (Å²) in [7, 11) is -3.36. The summed E-state index contributed by atoms with van der Waals surface area (Å²) in [6.07, 6.45) is -1.82. The molecule has 3 aromatic rings. The molecule has 2 aromatic carbocycles. The number of nitrogens with zero attached hydrogens (tertiary/aromatic N) is 1. The lowest BCUT2D eigenvalue weighted by Gasteiger charge is -2.18. The van der Waals surface area contributed by atoms with Crippen LogP contribution in [0.1, 0.15) is 17.0 Å². The molecule has 0 radical (unpaired) electrons. The van der Waals surface area contributed by atoms with Crippen LogP contribution in [0.2, 0.25) is 0 Å². The highest BCUT2D eigenvalue weighted by molar-refractivity contribution is 7.92. The van der Waals surface area contributed by atoms with E-state index in [0.717, 1.165) is 16.7 Å². The molecule has 34 heavy (non-hydrogen) atoms. The number of carboxylic acids is 1. The van der Waals surface area contributed by atoms with Crippen molar-refractivity contribution in [3.8, 4) is 11.1 Å². The van der Waals surface area contributed by atoms with Crippen molar-refractivity contribution in [1.82, 2.24) is 4.90 Å². The minimum atomic E-state index is -5.08. The van der Waals surface area contributed by atoms with E-state index in [4.69, 9.17) is 14.3 Å². The highest BCUT2D eigenvalue weighted by Crippen LogP contribution is 2.46. The van der Waals surface area contributed by atoms with E-state index >= 15 is 0 Å². The third-order valence-electron chi connectivity index (χ3n) is 5.90. The maximum atomic E-state index is 14.0. The molecule has 6 nitrogen and oxygen atoms in total. The highest BCUT2D eigenvalue weighted by atomic mass is 32.2. The standard InChI is InChI=1S/C21H18FNO3S.C2HF3O2/c22-19-4-2-1-3-15(19)10-23-11-18-17-9-14(16-7-8-26-13-16)5-6-20(17)27(24,25)21(18)12-23;3-2(4,5)1(6)7/h1-9,13,18,21H,10-12H2;(H,6,7). The van der Waals surface area contributed by atoms with Crippen LogP contribution in [-0.4, -0.2) is 48.9 Å². The van der Waals surface area contributed by atoms with E-state index < -0.39 is 27.2 Å². The number of aliphatic carboxylic acids is 1. The molecule has 2 aliphatic rings. The number of rotatable bonds is 3. The predicted molar refractivity (Wildman–Crippen MR) is 113 cm³/mol. The molecule has 2 aliphatic heterocycles. The van der Waals surface area contributed by atoms with E-state index in [0.29, 0.717) is 30.1 Å². The Balaban J connectivity index is 0.000000344. The predicted octanol–water partition coefficient (Wildman–Crippen LogP) is 4.47. The summed E-state index contributed by atoms with van der Waals surface area (Å²) in [5.74, 6) is -3.09. The van der Waals surface area contributed by atoms with Gasteiger partial charge in [0.2, 0.25) is 0 Å². The van der Waals surface area contributed by atoms with Crippen LogP contribution in [0.5, 0.6) is 0 Å². The second-order valence-electron chi connectivity index (χ2n) is 8.04. The van der Waals surface area contributed by atoms with Crippen LogP contribution in [-0.2, 0) is 21.2 Å². The average molecular weight is 497 g/mol. The lowest BCUT2D eigenvalue weighted by molar-refractivity contribution is -0.192. The largest absolute Gasteiger partial charge is 0.490 e. The minimum Gasteiger partial charge on any atom is -0.475 e. The number of sulfone groups is 1. The number of carboxylic acid groups (broad SMARTS) is 1. The van der Waals surface area contributed by atoms with Gasteiger partial charge in [0.25, 0.3) is 0 Å². The molecule has 0 bridgehead atoms. The molecule has 0 amide bonds. The topological polar surface area (TPSA) is 87.8 Å². The summed E-state index contributed by atoms with van der Waals surface area (Å²) in [6.45, 7) is 1.46. The second kappa shape index (κ2) is 8.88. The first-order valence-electron chi connectivity index (χ1n) is 10.1. The SMILES string of the molecule is O=C(O)C(F)(F)F.O=S1(=O)c2ccc(-c3ccoc3)cc2C2CN(Cc3ccccc3F)CC21. The van der Waals surface area contributed by atoms with Crippen molar-refractivity contribution in [2.75, 3.05) is 13.1 Å². The van der Waals surface area contributed by atoms with Crippen LogP contribution in [0.3, 0.4) is 0 Å². The maximum Gasteiger partial charge on any atom is 0.490 e. The van der Waals surface area contributed by atoms with Crippen molar-refractivity contribution in [3.63, 3.8) is 0 Å². The molecule has 2 atom stereocenters. The zero-order valence-corrected chi connectivity index (χ0v) is 18.3. The Hall–Kier alpha value is -3.18. The smallest absolute Gasteiger partial charge is 0.475 e. The Bertz CT molecular complexity index is 1310. The van der Waals surface area contributed by atoms with Crippen molar-refractivity contribution < 1.29 is 40.3 Å². The lowest BCUT2D eigenvalue weighted by Crippen LogP contribution is -2.26. The molecule has 1 saturated heterocycles. The van der Waals surface area contributed by atoms with E-state index in [1.807, 2.05) is 23.1 Å². The van der Waals surface area contributed by atoms with E-state index in [9.17, 15) is 26.0 Å². The summed E-state index contributed by atoms with van der Waals surface area (Å²) < 4.78 is 76.9. The first-order valence-corrected chi connectivity index (χ1v) is 11.7. The minimum absolute atomic E-state index is 0.0800. The second-order valence-corrected chi connectivity index (χ2v) is 10.2. The molecule has 1 fully saturated rings. The van der Waals surface area contributed by atoms with Crippen LogP contribution < -0.4 is 0 Å². The van der Waals surface area contributed by atoms with Gasteiger partial charge in [-0.3, -0.25) is 4.90 Å². The normalized spacial score (nSPS) is 20.8. The number of likely N-dealkylation sites (tertiary alicyclic amines) is 1. The Morgan fingerprint density at radius 1 is 1.09 bits per heavy atom. The summed E-state index contributed by atoms with van der Waals surface area (Å²) >= 11 is 0. The Labute approximate surface area is 192 Å². The zero-order valence-electron chi connectivity index (χ0n) is 17.5. The molecule has 2 unspecified atom stereocenters. The number of carbonyl (C=O) groups is 1. The van der Waals surface area contributed by atoms with Crippen molar-refractivity contribution in [2.24, 2.45) is 0 Å². The van der Waals surface area contributed by atoms with Gasteiger partial charge in [-0.15, -0.1) is 0 Å². The van der Waals surface area contributed by atoms with Gasteiger partial charge in [0, 0.05) is 36.7 Å². The van der Waals surface area contributed by atoms with Crippen molar-refractivity contribution in [3.05, 3.63) is 78.0 Å². The lowest BCUT2D eigenvalue weighted by atomic mass is 9.95. The number of fused-ring (bicyclic) bond motifs is 3. The summed E-state index contributed by atoms with van der Waals surface area (Å²) in [6, 6.07) is 14.0. The molecule has 1 aromatic heterocycles. The van der Waals surface area contributed by atoms with Crippen LogP contribution >= 0.6 is 0 Å². The van der Waals surface area contributed by atoms with Gasteiger partial charge in [-0.25, -0.2) is 17.6 Å². The van der Waals surface area contributed by atoms with Gasteiger partial charge in [-0.1, -0.05) is 24.3 Å². The molecule has 1 N–H and O–H groups in total. The quantitative estimate of drug-likeness (QED) is 0.537. The highest BCUT2D eigenvalue weighted by Gasteiger charge is 2.50. The first kappa shape index (κ1) is 24.0. The molecule has 0 saturated carbocycles. The van der Waals surface area contributed by atoms with Crippen LogP contribution in [0, 0.1) is 5.82 Å². The maximum absolute atomic E-state index is 14.0. The molecular weight excluding hydrogens is 478 g/mol. The van der Waals surface area contributed by atoms with E-state index in [2.05, 4.69) is 0 Å². The van der Waals surface area contributed by atoms with Gasteiger partial charge >= 0.3 is 12.1 Å². The third-order valence-corrected chi connectivity index (χ3v) is 8.16. The van der Waals surface area contributed by atoms with Gasteiger partial charge < -0.3 is 9.52 Å². The van der Waals surface area contributed by atoms with Gasteiger partial charge in [0.1, 0.15) is 5.82 Å². The van der Waals surface area contributed by atoms with E-state index in [-0.39, 0.29) is 11.7 Å². The van der Waals surface area contributed by atoms with E-state index in [1.165, 1.54) is 6.07 Å². The average Bonchev–Trinajstić information content (AvgIpc) is 3.48. The third kappa shape index (κ3) is 4.58. The Kier molecular flexibility index (Phi) is 6.26. The molecule has 3 heterocycles. The molecule has 0 aliphatic carbocycles. The number of hydrogen-bond acceptors (Lipinski definition) is 5. The summed E-state index contributed by atoms with van der Waals surface area (Å²) in [5, 5.41) is 6.67. The van der Waals surface area contributed by atoms with Gasteiger partial charge in [0.15, 0.2) is 9.84 Å². The summed E-state index contributed by atoms with van der Waals surface area (Å²) in [4.78, 5) is 11.4. The van der Waals surface area contributed by atoms with Crippen LogP contribution in [0.25, 0.3) is 11.1 Å². The molecule has 5 rings (SSSR count). The van der Waals surface area contributed by atoms with Gasteiger partial charge in [-0.05, 0) is 35.4 Å². The van der Waals surface area contributed by atoms with Crippen molar-refractivity contribution in [1.29, 1.82) is 0 Å². The molecular formula is C23H19F4NO5S. The number of hydrogen-bond donors (Lipinski definition) is 1. The Morgan fingerprint density at radius 2 is 1.79 bits per heavy atom. The van der Waals surface area contributed by atoms with Crippen LogP contribution in [0.15, 0.2) is 70.4 Å². The molecule has 180 valence electrons. The fourth-order valence-electron chi connectivity index (χ4n) is 4.33. The fraction of sp³-hybridized carbons (Fsp3) is 0.261. The van der Waals surface area contributed by atoms with Gasteiger partial charge in [-0.2, -0.15) is 13.2 Å². The fourth-order valence-corrected chi connectivity index (χ4v) is 6.53.